The van der Waals surface area contributed by atoms with E-state index in [-0.39, 0.29) is 17.9 Å². The van der Waals surface area contributed by atoms with Crippen molar-refractivity contribution in [2.24, 2.45) is 0 Å². The Labute approximate surface area is 182 Å². The summed E-state index contributed by atoms with van der Waals surface area (Å²) in [6.45, 7) is 7.69. The fraction of sp³-hybridized carbons (Fsp3) is 0.360. The number of carbonyl (C=O) groups is 1. The molecular weight excluding hydrogens is 390 g/mol. The van der Waals surface area contributed by atoms with E-state index in [1.165, 1.54) is 5.56 Å². The monoisotopic (exact) mass is 419 g/mol. The van der Waals surface area contributed by atoms with E-state index in [0.29, 0.717) is 30.0 Å². The Morgan fingerprint density at radius 2 is 1.97 bits per heavy atom. The van der Waals surface area contributed by atoms with E-state index in [4.69, 9.17) is 4.74 Å². The predicted octanol–water partition coefficient (Wildman–Crippen LogP) is 3.97. The van der Waals surface area contributed by atoms with Gasteiger partial charge in [-0.15, -0.1) is 0 Å². The number of hydrogen-bond donors (Lipinski definition) is 2. The molecule has 0 radical (unpaired) electrons. The van der Waals surface area contributed by atoms with Gasteiger partial charge < -0.3 is 15.0 Å². The maximum atomic E-state index is 13.2. The largest absolute Gasteiger partial charge is 0.497 e. The second-order valence-corrected chi connectivity index (χ2v) is 8.56. The van der Waals surface area contributed by atoms with Crippen LogP contribution in [0, 0.1) is 6.92 Å². The number of nitrogens with one attached hydrogen (secondary N) is 2. The molecule has 3 aromatic rings. The standard InChI is InChI=1S/C25H29N3O3/c1-15(2)17-5-7-18(8-6-17)26-23(29)14-28-10-9-22-21(13-28)25(30)20-12-19(31-4)11-16(3)24(20)27-22/h5-8,11-12,15H,9-10,13-14H2,1-4H3,(H,26,29)(H,27,30). The molecule has 2 aromatic carbocycles. The van der Waals surface area contributed by atoms with Crippen LogP contribution in [-0.4, -0.2) is 36.0 Å². The number of fused-ring (bicyclic) bond motifs is 2. The summed E-state index contributed by atoms with van der Waals surface area (Å²) in [7, 11) is 1.60. The Kier molecular flexibility index (Phi) is 5.83. The average Bonchev–Trinajstić information content (AvgIpc) is 2.75. The minimum Gasteiger partial charge on any atom is -0.497 e. The normalized spacial score (nSPS) is 14.0. The van der Waals surface area contributed by atoms with Crippen LogP contribution in [0.4, 0.5) is 5.69 Å². The molecule has 0 bridgehead atoms. The second-order valence-electron chi connectivity index (χ2n) is 8.56. The number of H-pyrrole nitrogens is 1. The summed E-state index contributed by atoms with van der Waals surface area (Å²) in [5, 5.41) is 3.59. The van der Waals surface area contributed by atoms with E-state index in [9.17, 15) is 9.59 Å². The molecule has 0 fully saturated rings. The van der Waals surface area contributed by atoms with Gasteiger partial charge in [-0.1, -0.05) is 26.0 Å². The van der Waals surface area contributed by atoms with Crippen LogP contribution in [0.15, 0.2) is 41.2 Å². The maximum absolute atomic E-state index is 13.2. The van der Waals surface area contributed by atoms with Crippen LogP contribution < -0.4 is 15.5 Å². The van der Waals surface area contributed by atoms with Crippen LogP contribution in [0.1, 0.15) is 42.1 Å². The van der Waals surface area contributed by atoms with Gasteiger partial charge in [-0.3, -0.25) is 14.5 Å². The topological polar surface area (TPSA) is 74.4 Å². The van der Waals surface area contributed by atoms with Crippen molar-refractivity contribution < 1.29 is 9.53 Å². The summed E-state index contributed by atoms with van der Waals surface area (Å²) in [6.07, 6.45) is 0.711. The van der Waals surface area contributed by atoms with Crippen LogP contribution in [0.25, 0.3) is 10.9 Å². The molecule has 2 N–H and O–H groups in total. The smallest absolute Gasteiger partial charge is 0.238 e. The van der Waals surface area contributed by atoms with Gasteiger partial charge in [-0.05, 0) is 48.2 Å². The summed E-state index contributed by atoms with van der Waals surface area (Å²) < 4.78 is 5.34. The van der Waals surface area contributed by atoms with Crippen LogP contribution in [-0.2, 0) is 17.8 Å². The Bertz CT molecular complexity index is 1180. The van der Waals surface area contributed by atoms with Gasteiger partial charge in [-0.25, -0.2) is 0 Å². The summed E-state index contributed by atoms with van der Waals surface area (Å²) >= 11 is 0. The number of aromatic nitrogens is 1. The molecule has 0 atom stereocenters. The van der Waals surface area contributed by atoms with Crippen molar-refractivity contribution in [1.82, 2.24) is 9.88 Å². The average molecular weight is 420 g/mol. The molecule has 6 nitrogen and oxygen atoms in total. The fourth-order valence-corrected chi connectivity index (χ4v) is 4.19. The molecule has 0 unspecified atom stereocenters. The summed E-state index contributed by atoms with van der Waals surface area (Å²) in [5.41, 5.74) is 5.59. The molecule has 1 aliphatic rings. The number of methoxy groups -OCH3 is 1. The van der Waals surface area contributed by atoms with Crippen LogP contribution in [0.2, 0.25) is 0 Å². The lowest BCUT2D eigenvalue weighted by atomic mass is 10.0. The summed E-state index contributed by atoms with van der Waals surface area (Å²) in [4.78, 5) is 31.3. The van der Waals surface area contributed by atoms with Gasteiger partial charge in [0.15, 0.2) is 5.43 Å². The van der Waals surface area contributed by atoms with Crippen molar-refractivity contribution in [3.05, 3.63) is 69.0 Å². The Hall–Kier alpha value is -3.12. The zero-order valence-corrected chi connectivity index (χ0v) is 18.5. The lowest BCUT2D eigenvalue weighted by Crippen LogP contribution is -2.39. The van der Waals surface area contributed by atoms with Gasteiger partial charge in [0.25, 0.3) is 0 Å². The fourth-order valence-electron chi connectivity index (χ4n) is 4.19. The number of hydrogen-bond acceptors (Lipinski definition) is 4. The minimum atomic E-state index is -0.0736. The third kappa shape index (κ3) is 4.35. The van der Waals surface area contributed by atoms with Crippen LogP contribution in [0.3, 0.4) is 0 Å². The van der Waals surface area contributed by atoms with Gasteiger partial charge >= 0.3 is 0 Å². The van der Waals surface area contributed by atoms with Crippen molar-refractivity contribution in [2.45, 2.75) is 39.7 Å². The van der Waals surface area contributed by atoms with E-state index in [1.807, 2.05) is 42.2 Å². The van der Waals surface area contributed by atoms with Gasteiger partial charge in [0.1, 0.15) is 5.75 Å². The lowest BCUT2D eigenvalue weighted by Gasteiger charge is -2.28. The molecule has 0 aliphatic carbocycles. The first-order chi connectivity index (χ1) is 14.9. The second kappa shape index (κ2) is 8.55. The Morgan fingerprint density at radius 1 is 1.23 bits per heavy atom. The number of benzene rings is 2. The lowest BCUT2D eigenvalue weighted by molar-refractivity contribution is -0.117. The number of aryl methyl sites for hydroxylation is 1. The van der Waals surface area contributed by atoms with E-state index < -0.39 is 0 Å². The number of ether oxygens (including phenoxy) is 1. The number of nitrogens with zero attached hydrogens (tertiary/aromatic N) is 1. The number of carbonyl (C=O) groups excluding carboxylic acids is 1. The molecule has 0 saturated heterocycles. The van der Waals surface area contributed by atoms with Gasteiger partial charge in [0.2, 0.25) is 5.91 Å². The number of rotatable bonds is 5. The summed E-state index contributed by atoms with van der Waals surface area (Å²) in [6, 6.07) is 11.7. The molecule has 0 spiro atoms. The number of aromatic amines is 1. The molecule has 1 aromatic heterocycles. The summed E-state index contributed by atoms with van der Waals surface area (Å²) in [5.74, 6) is 1.05. The van der Waals surface area contributed by atoms with Crippen LogP contribution >= 0.6 is 0 Å². The number of amides is 1. The van der Waals surface area contributed by atoms with Crippen LogP contribution in [0.5, 0.6) is 5.75 Å². The number of pyridine rings is 1. The molecule has 4 rings (SSSR count). The molecule has 1 amide bonds. The van der Waals surface area contributed by atoms with Gasteiger partial charge in [0.05, 0.1) is 19.2 Å². The van der Waals surface area contributed by atoms with Gasteiger partial charge in [0, 0.05) is 41.8 Å². The molecule has 2 heterocycles. The third-order valence-corrected chi connectivity index (χ3v) is 5.99. The van der Waals surface area contributed by atoms with Crippen molar-refractivity contribution in [3.63, 3.8) is 0 Å². The highest BCUT2D eigenvalue weighted by Gasteiger charge is 2.23. The molecule has 31 heavy (non-hydrogen) atoms. The molecule has 1 aliphatic heterocycles. The van der Waals surface area contributed by atoms with E-state index in [0.717, 1.165) is 34.6 Å². The van der Waals surface area contributed by atoms with Crippen molar-refractivity contribution >= 4 is 22.5 Å². The van der Waals surface area contributed by atoms with Crippen molar-refractivity contribution in [2.75, 3.05) is 25.5 Å². The van der Waals surface area contributed by atoms with E-state index >= 15 is 0 Å². The molecule has 162 valence electrons. The first-order valence-corrected chi connectivity index (χ1v) is 10.7. The number of anilines is 1. The Morgan fingerprint density at radius 3 is 2.65 bits per heavy atom. The third-order valence-electron chi connectivity index (χ3n) is 5.99. The van der Waals surface area contributed by atoms with Crippen molar-refractivity contribution in [1.29, 1.82) is 0 Å². The van der Waals surface area contributed by atoms with E-state index in [2.05, 4.69) is 24.1 Å². The SMILES string of the molecule is COc1cc(C)c2[nH]c3c(c(=O)c2c1)CN(CC(=O)Nc1ccc(C(C)C)cc1)CC3. The molecule has 6 heteroatoms. The Balaban J connectivity index is 1.50. The quantitative estimate of drug-likeness (QED) is 0.656. The van der Waals surface area contributed by atoms with E-state index in [1.54, 1.807) is 13.2 Å². The highest BCUT2D eigenvalue weighted by Crippen LogP contribution is 2.25. The highest BCUT2D eigenvalue weighted by atomic mass is 16.5. The first-order valence-electron chi connectivity index (χ1n) is 10.7. The highest BCUT2D eigenvalue weighted by molar-refractivity contribution is 5.92. The maximum Gasteiger partial charge on any atom is 0.238 e. The molecule has 0 saturated carbocycles. The molecular formula is C25H29N3O3. The predicted molar refractivity (Wildman–Crippen MR) is 124 cm³/mol. The zero-order valence-electron chi connectivity index (χ0n) is 18.5. The van der Waals surface area contributed by atoms with Crippen molar-refractivity contribution in [3.8, 4) is 5.75 Å². The van der Waals surface area contributed by atoms with Gasteiger partial charge in [-0.2, -0.15) is 0 Å². The first kappa shape index (κ1) is 21.1. The zero-order chi connectivity index (χ0) is 22.1. The minimum absolute atomic E-state index is 0.0140.